The van der Waals surface area contributed by atoms with Gasteiger partial charge in [-0.3, -0.25) is 4.79 Å². The first-order chi connectivity index (χ1) is 11.5. The van der Waals surface area contributed by atoms with Gasteiger partial charge in [-0.05, 0) is 25.0 Å². The number of halogens is 1. The van der Waals surface area contributed by atoms with Gasteiger partial charge < -0.3 is 10.0 Å². The summed E-state index contributed by atoms with van der Waals surface area (Å²) in [4.78, 5) is 14.0. The second-order valence-electron chi connectivity index (χ2n) is 5.82. The van der Waals surface area contributed by atoms with E-state index in [0.717, 1.165) is 5.57 Å². The Morgan fingerprint density at radius 3 is 2.83 bits per heavy atom. The van der Waals surface area contributed by atoms with Gasteiger partial charge in [0.1, 0.15) is 18.1 Å². The van der Waals surface area contributed by atoms with Crippen LogP contribution in [0, 0.1) is 5.82 Å². The lowest BCUT2D eigenvalue weighted by molar-refractivity contribution is -0.131. The Labute approximate surface area is 139 Å². The number of nitrogens with zero attached hydrogens (tertiary/aromatic N) is 4. The molecule has 1 aliphatic rings. The molecule has 2 aromatic rings. The molecule has 1 aromatic carbocycles. The summed E-state index contributed by atoms with van der Waals surface area (Å²) in [6.45, 7) is 2.65. The number of carbonyl (C=O) groups is 1. The molecule has 24 heavy (non-hydrogen) atoms. The van der Waals surface area contributed by atoms with Gasteiger partial charge in [0.25, 0.3) is 0 Å². The molecule has 1 atom stereocenters. The third-order valence-electron chi connectivity index (χ3n) is 4.06. The van der Waals surface area contributed by atoms with E-state index in [2.05, 4.69) is 10.3 Å². The smallest absolute Gasteiger partial charge is 0.244 e. The van der Waals surface area contributed by atoms with Crippen molar-refractivity contribution in [1.82, 2.24) is 19.9 Å². The zero-order valence-electron chi connectivity index (χ0n) is 13.4. The Morgan fingerprint density at radius 1 is 1.42 bits per heavy atom. The highest BCUT2D eigenvalue weighted by Crippen LogP contribution is 2.24. The summed E-state index contributed by atoms with van der Waals surface area (Å²) in [5.74, 6) is -0.322. The van der Waals surface area contributed by atoms with E-state index in [0.29, 0.717) is 30.8 Å². The van der Waals surface area contributed by atoms with Gasteiger partial charge in [0.15, 0.2) is 0 Å². The second-order valence-corrected chi connectivity index (χ2v) is 5.82. The molecule has 1 aliphatic heterocycles. The number of aliphatic hydroxyl groups is 1. The highest BCUT2D eigenvalue weighted by atomic mass is 19.1. The van der Waals surface area contributed by atoms with Crippen LogP contribution in [0.15, 0.2) is 36.5 Å². The summed E-state index contributed by atoms with van der Waals surface area (Å²) >= 11 is 0. The lowest BCUT2D eigenvalue weighted by Gasteiger charge is -2.26. The molecule has 6 nitrogen and oxygen atoms in total. The minimum absolute atomic E-state index is 0.0720. The summed E-state index contributed by atoms with van der Waals surface area (Å²) in [7, 11) is 0. The molecule has 2 heterocycles. The third-order valence-corrected chi connectivity index (χ3v) is 4.06. The fourth-order valence-electron chi connectivity index (χ4n) is 2.68. The molecule has 0 spiro atoms. The van der Waals surface area contributed by atoms with Crippen molar-refractivity contribution in [3.8, 4) is 0 Å². The molecule has 0 fully saturated rings. The fraction of sp³-hybridized carbons (Fsp3) is 0.353. The van der Waals surface area contributed by atoms with Crippen molar-refractivity contribution >= 4 is 11.5 Å². The highest BCUT2D eigenvalue weighted by Gasteiger charge is 2.20. The Balaban J connectivity index is 1.63. The molecule has 1 amide bonds. The molecule has 3 rings (SSSR count). The lowest BCUT2D eigenvalue weighted by Crippen LogP contribution is -2.37. The zero-order chi connectivity index (χ0) is 17.1. The summed E-state index contributed by atoms with van der Waals surface area (Å²) in [6, 6.07) is 6.67. The van der Waals surface area contributed by atoms with Gasteiger partial charge in [-0.1, -0.05) is 29.5 Å². The number of benzene rings is 1. The van der Waals surface area contributed by atoms with E-state index in [1.807, 2.05) is 6.08 Å². The van der Waals surface area contributed by atoms with Crippen molar-refractivity contribution in [1.29, 1.82) is 0 Å². The van der Waals surface area contributed by atoms with Crippen LogP contribution < -0.4 is 0 Å². The molecular formula is C17H19FN4O2. The van der Waals surface area contributed by atoms with Gasteiger partial charge in [-0.25, -0.2) is 9.07 Å². The van der Waals surface area contributed by atoms with Crippen LogP contribution in [0.4, 0.5) is 4.39 Å². The number of aromatic nitrogens is 3. The average Bonchev–Trinajstić information content (AvgIpc) is 3.04. The molecule has 1 aromatic heterocycles. The Morgan fingerprint density at radius 2 is 2.21 bits per heavy atom. The summed E-state index contributed by atoms with van der Waals surface area (Å²) in [5, 5.41) is 17.1. The standard InChI is InChI=1S/C17H19FN4O2/c1-12(23)16-10-22(20-19-16)11-17(24)21-8-6-13(7-9-21)14-4-2-3-5-15(14)18/h2-6,10,12,23H,7-9,11H2,1H3. The maximum Gasteiger partial charge on any atom is 0.244 e. The Bertz CT molecular complexity index is 769. The summed E-state index contributed by atoms with van der Waals surface area (Å²) in [6.07, 6.45) is 3.36. The van der Waals surface area contributed by atoms with Crippen molar-refractivity contribution < 1.29 is 14.3 Å². The predicted octanol–water partition coefficient (Wildman–Crippen LogP) is 1.79. The topological polar surface area (TPSA) is 71.2 Å². The Kier molecular flexibility index (Phi) is 4.71. The number of hydrogen-bond acceptors (Lipinski definition) is 4. The SMILES string of the molecule is CC(O)c1cn(CC(=O)N2CC=C(c3ccccc3F)CC2)nn1. The minimum Gasteiger partial charge on any atom is -0.387 e. The molecule has 1 unspecified atom stereocenters. The molecule has 0 bridgehead atoms. The largest absolute Gasteiger partial charge is 0.387 e. The van der Waals surface area contributed by atoms with E-state index in [-0.39, 0.29) is 18.3 Å². The van der Waals surface area contributed by atoms with E-state index in [4.69, 9.17) is 0 Å². The first-order valence-electron chi connectivity index (χ1n) is 7.84. The molecule has 0 aliphatic carbocycles. The first kappa shape index (κ1) is 16.3. The van der Waals surface area contributed by atoms with Gasteiger partial charge in [0, 0.05) is 18.7 Å². The van der Waals surface area contributed by atoms with Gasteiger partial charge in [0.05, 0.1) is 12.3 Å². The van der Waals surface area contributed by atoms with E-state index < -0.39 is 6.10 Å². The summed E-state index contributed by atoms with van der Waals surface area (Å²) < 4.78 is 15.2. The van der Waals surface area contributed by atoms with Crippen LogP contribution in [0.1, 0.15) is 30.7 Å². The molecule has 7 heteroatoms. The molecule has 0 radical (unpaired) electrons. The van der Waals surface area contributed by atoms with Crippen LogP contribution in [0.2, 0.25) is 0 Å². The van der Waals surface area contributed by atoms with Crippen LogP contribution in [0.25, 0.3) is 5.57 Å². The number of hydrogen-bond donors (Lipinski definition) is 1. The second kappa shape index (κ2) is 6.92. The van der Waals surface area contributed by atoms with E-state index in [1.165, 1.54) is 10.7 Å². The lowest BCUT2D eigenvalue weighted by atomic mass is 9.99. The van der Waals surface area contributed by atoms with Crippen LogP contribution in [0.3, 0.4) is 0 Å². The molecule has 0 saturated heterocycles. The van der Waals surface area contributed by atoms with Crippen molar-refractivity contribution in [3.05, 3.63) is 53.6 Å². The first-order valence-corrected chi connectivity index (χ1v) is 7.84. The monoisotopic (exact) mass is 330 g/mol. The predicted molar refractivity (Wildman–Crippen MR) is 86.2 cm³/mol. The zero-order valence-corrected chi connectivity index (χ0v) is 13.4. The van der Waals surface area contributed by atoms with Crippen LogP contribution in [0.5, 0.6) is 0 Å². The van der Waals surface area contributed by atoms with Gasteiger partial charge in [-0.15, -0.1) is 5.10 Å². The third kappa shape index (κ3) is 3.51. The quantitative estimate of drug-likeness (QED) is 0.928. The molecule has 126 valence electrons. The molecular weight excluding hydrogens is 311 g/mol. The van der Waals surface area contributed by atoms with E-state index in [1.54, 1.807) is 36.2 Å². The van der Waals surface area contributed by atoms with E-state index in [9.17, 15) is 14.3 Å². The van der Waals surface area contributed by atoms with Gasteiger partial charge in [0.2, 0.25) is 5.91 Å². The number of aliphatic hydroxyl groups excluding tert-OH is 1. The van der Waals surface area contributed by atoms with Crippen LogP contribution in [-0.2, 0) is 11.3 Å². The number of carbonyl (C=O) groups excluding carboxylic acids is 1. The molecule has 0 saturated carbocycles. The van der Waals surface area contributed by atoms with Crippen molar-refractivity contribution in [3.63, 3.8) is 0 Å². The molecule has 1 N–H and O–H groups in total. The minimum atomic E-state index is -0.713. The van der Waals surface area contributed by atoms with Crippen molar-refractivity contribution in [2.75, 3.05) is 13.1 Å². The van der Waals surface area contributed by atoms with Crippen molar-refractivity contribution in [2.45, 2.75) is 26.0 Å². The van der Waals surface area contributed by atoms with Gasteiger partial charge in [-0.2, -0.15) is 0 Å². The Hall–Kier alpha value is -2.54. The van der Waals surface area contributed by atoms with Gasteiger partial charge >= 0.3 is 0 Å². The van der Waals surface area contributed by atoms with Crippen molar-refractivity contribution in [2.24, 2.45) is 0 Å². The average molecular weight is 330 g/mol. The van der Waals surface area contributed by atoms with Crippen LogP contribution >= 0.6 is 0 Å². The van der Waals surface area contributed by atoms with E-state index >= 15 is 0 Å². The number of rotatable bonds is 4. The van der Waals surface area contributed by atoms with Crippen LogP contribution in [-0.4, -0.2) is 44.0 Å². The number of amides is 1. The normalized spacial score (nSPS) is 16.0. The maximum atomic E-state index is 13.8. The maximum absolute atomic E-state index is 13.8. The highest BCUT2D eigenvalue weighted by molar-refractivity contribution is 5.78. The summed E-state index contributed by atoms with van der Waals surface area (Å²) in [5.41, 5.74) is 1.96. The fourth-order valence-corrected chi connectivity index (χ4v) is 2.68.